The molecule has 2 aromatic carbocycles. The van der Waals surface area contributed by atoms with Gasteiger partial charge in [0, 0.05) is 11.3 Å². The van der Waals surface area contributed by atoms with E-state index in [0.29, 0.717) is 37.6 Å². The lowest BCUT2D eigenvalue weighted by Gasteiger charge is -2.11. The third-order valence-corrected chi connectivity index (χ3v) is 3.91. The molecule has 20 heavy (non-hydrogen) atoms. The minimum atomic E-state index is -0.310. The number of nitrogens with two attached hydrogens (primary N) is 1. The summed E-state index contributed by atoms with van der Waals surface area (Å²) in [6.45, 7) is 1.78. The molecule has 6 heteroatoms. The largest absolute Gasteiger partial charge is 0.398 e. The Morgan fingerprint density at radius 2 is 1.75 bits per heavy atom. The van der Waals surface area contributed by atoms with Crippen LogP contribution in [0.4, 0.5) is 11.4 Å². The van der Waals surface area contributed by atoms with Crippen LogP contribution < -0.4 is 11.1 Å². The normalized spacial score (nSPS) is 10.4. The van der Waals surface area contributed by atoms with Gasteiger partial charge in [-0.15, -0.1) is 0 Å². The van der Waals surface area contributed by atoms with Crippen molar-refractivity contribution in [3.63, 3.8) is 0 Å². The van der Waals surface area contributed by atoms with Gasteiger partial charge in [0.05, 0.1) is 20.8 Å². The summed E-state index contributed by atoms with van der Waals surface area (Å²) < 4.78 is 0. The van der Waals surface area contributed by atoms with Gasteiger partial charge in [0.15, 0.2) is 0 Å². The van der Waals surface area contributed by atoms with Gasteiger partial charge in [-0.2, -0.15) is 0 Å². The molecule has 0 heterocycles. The molecule has 0 bridgehead atoms. The molecule has 2 rings (SSSR count). The summed E-state index contributed by atoms with van der Waals surface area (Å²) in [6.07, 6.45) is 0. The van der Waals surface area contributed by atoms with Crippen LogP contribution in [0, 0.1) is 6.92 Å². The number of nitrogen functional groups attached to an aromatic ring is 1. The number of benzene rings is 2. The van der Waals surface area contributed by atoms with Crippen molar-refractivity contribution in [1.82, 2.24) is 0 Å². The first-order valence-electron chi connectivity index (χ1n) is 5.71. The third-order valence-electron chi connectivity index (χ3n) is 2.88. The number of anilines is 2. The van der Waals surface area contributed by atoms with E-state index in [1.54, 1.807) is 25.1 Å². The highest BCUT2D eigenvalue weighted by atomic mass is 35.5. The van der Waals surface area contributed by atoms with Gasteiger partial charge < -0.3 is 11.1 Å². The first kappa shape index (κ1) is 15.0. The van der Waals surface area contributed by atoms with Gasteiger partial charge in [-0.3, -0.25) is 4.79 Å². The molecule has 0 radical (unpaired) electrons. The van der Waals surface area contributed by atoms with E-state index in [9.17, 15) is 4.79 Å². The second-order valence-electron chi connectivity index (χ2n) is 4.22. The number of halogens is 3. The lowest BCUT2D eigenvalue weighted by atomic mass is 10.1. The molecule has 0 saturated heterocycles. The van der Waals surface area contributed by atoms with Crippen LogP contribution >= 0.6 is 34.8 Å². The number of rotatable bonds is 2. The zero-order valence-electron chi connectivity index (χ0n) is 10.5. The van der Waals surface area contributed by atoms with Crippen molar-refractivity contribution in [3.05, 3.63) is 56.5 Å². The maximum absolute atomic E-state index is 12.2. The number of amides is 1. The Balaban J connectivity index is 2.33. The monoisotopic (exact) mass is 328 g/mol. The number of carbonyl (C=O) groups is 1. The topological polar surface area (TPSA) is 55.1 Å². The van der Waals surface area contributed by atoms with E-state index in [0.717, 1.165) is 0 Å². The standard InChI is InChI=1S/C14H11Cl3N2O/c1-7-8(3-2-4-12(7)18)14(20)19-13-6-10(16)9(15)5-11(13)17/h2-6H,18H2,1H3,(H,19,20). The Morgan fingerprint density at radius 1 is 1.10 bits per heavy atom. The maximum atomic E-state index is 12.2. The molecule has 0 aliphatic carbocycles. The molecular formula is C14H11Cl3N2O. The predicted octanol–water partition coefficient (Wildman–Crippen LogP) is 4.79. The molecule has 1 amide bonds. The summed E-state index contributed by atoms with van der Waals surface area (Å²) in [5.74, 6) is -0.310. The van der Waals surface area contributed by atoms with Crippen LogP contribution in [0.15, 0.2) is 30.3 Å². The molecule has 0 aliphatic heterocycles. The van der Waals surface area contributed by atoms with Crippen LogP contribution in [0.1, 0.15) is 15.9 Å². The Bertz CT molecular complexity index is 686. The number of hydrogen-bond donors (Lipinski definition) is 2. The highest BCUT2D eigenvalue weighted by molar-refractivity contribution is 6.44. The summed E-state index contributed by atoms with van der Waals surface area (Å²) in [6, 6.07) is 8.12. The second kappa shape index (κ2) is 5.92. The lowest BCUT2D eigenvalue weighted by Crippen LogP contribution is -2.14. The fourth-order valence-corrected chi connectivity index (χ4v) is 2.30. The van der Waals surface area contributed by atoms with Gasteiger partial charge in [-0.25, -0.2) is 0 Å². The van der Waals surface area contributed by atoms with Crippen molar-refractivity contribution in [2.75, 3.05) is 11.1 Å². The number of carbonyl (C=O) groups excluding carboxylic acids is 1. The molecule has 2 aromatic rings. The summed E-state index contributed by atoms with van der Waals surface area (Å²) in [7, 11) is 0. The molecule has 0 fully saturated rings. The zero-order valence-corrected chi connectivity index (χ0v) is 12.8. The van der Waals surface area contributed by atoms with E-state index in [1.807, 2.05) is 0 Å². The first-order chi connectivity index (χ1) is 9.40. The Labute approximate surface area is 131 Å². The molecular weight excluding hydrogens is 319 g/mol. The van der Waals surface area contributed by atoms with Gasteiger partial charge in [-0.1, -0.05) is 40.9 Å². The summed E-state index contributed by atoms with van der Waals surface area (Å²) >= 11 is 17.8. The van der Waals surface area contributed by atoms with E-state index >= 15 is 0 Å². The maximum Gasteiger partial charge on any atom is 0.256 e. The molecule has 0 saturated carbocycles. The van der Waals surface area contributed by atoms with E-state index in [-0.39, 0.29) is 5.91 Å². The number of nitrogens with one attached hydrogen (secondary N) is 1. The van der Waals surface area contributed by atoms with E-state index in [4.69, 9.17) is 40.5 Å². The lowest BCUT2D eigenvalue weighted by molar-refractivity contribution is 0.102. The van der Waals surface area contributed by atoms with Crippen molar-refractivity contribution in [2.45, 2.75) is 6.92 Å². The van der Waals surface area contributed by atoms with Crippen molar-refractivity contribution in [2.24, 2.45) is 0 Å². The average Bonchev–Trinajstić information content (AvgIpc) is 2.39. The minimum Gasteiger partial charge on any atom is -0.398 e. The highest BCUT2D eigenvalue weighted by Gasteiger charge is 2.13. The third kappa shape index (κ3) is 3.01. The van der Waals surface area contributed by atoms with Crippen LogP contribution in [0.2, 0.25) is 15.1 Å². The molecule has 0 spiro atoms. The second-order valence-corrected chi connectivity index (χ2v) is 5.44. The van der Waals surface area contributed by atoms with Crippen molar-refractivity contribution >= 4 is 52.1 Å². The fourth-order valence-electron chi connectivity index (χ4n) is 1.71. The van der Waals surface area contributed by atoms with Gasteiger partial charge >= 0.3 is 0 Å². The van der Waals surface area contributed by atoms with Crippen molar-refractivity contribution in [1.29, 1.82) is 0 Å². The Morgan fingerprint density at radius 3 is 2.45 bits per heavy atom. The Hall–Kier alpha value is -1.42. The minimum absolute atomic E-state index is 0.310. The molecule has 0 atom stereocenters. The molecule has 104 valence electrons. The molecule has 3 nitrogen and oxygen atoms in total. The molecule has 3 N–H and O–H groups in total. The van der Waals surface area contributed by atoms with Gasteiger partial charge in [0.1, 0.15) is 0 Å². The first-order valence-corrected chi connectivity index (χ1v) is 6.84. The zero-order chi connectivity index (χ0) is 14.9. The van der Waals surface area contributed by atoms with Gasteiger partial charge in [0.2, 0.25) is 0 Å². The molecule has 0 aliphatic rings. The van der Waals surface area contributed by atoms with E-state index in [1.165, 1.54) is 12.1 Å². The van der Waals surface area contributed by atoms with Crippen LogP contribution in [-0.4, -0.2) is 5.91 Å². The smallest absolute Gasteiger partial charge is 0.256 e. The summed E-state index contributed by atoms with van der Waals surface area (Å²) in [4.78, 5) is 12.2. The van der Waals surface area contributed by atoms with E-state index < -0.39 is 0 Å². The van der Waals surface area contributed by atoms with Crippen LogP contribution in [0.5, 0.6) is 0 Å². The highest BCUT2D eigenvalue weighted by Crippen LogP contribution is 2.32. The van der Waals surface area contributed by atoms with Gasteiger partial charge in [-0.05, 0) is 36.8 Å². The fraction of sp³-hybridized carbons (Fsp3) is 0.0714. The average molecular weight is 330 g/mol. The van der Waals surface area contributed by atoms with Crippen LogP contribution in [0.3, 0.4) is 0 Å². The SMILES string of the molecule is Cc1c(N)cccc1C(=O)Nc1cc(Cl)c(Cl)cc1Cl. The Kier molecular flexibility index (Phi) is 4.43. The van der Waals surface area contributed by atoms with Crippen LogP contribution in [0.25, 0.3) is 0 Å². The number of hydrogen-bond acceptors (Lipinski definition) is 2. The van der Waals surface area contributed by atoms with Crippen LogP contribution in [-0.2, 0) is 0 Å². The van der Waals surface area contributed by atoms with Crippen molar-refractivity contribution in [3.8, 4) is 0 Å². The summed E-state index contributed by atoms with van der Waals surface area (Å²) in [5.41, 5.74) is 7.92. The van der Waals surface area contributed by atoms with Crippen molar-refractivity contribution < 1.29 is 4.79 Å². The molecule has 0 aromatic heterocycles. The quantitative estimate of drug-likeness (QED) is 0.615. The molecule has 0 unspecified atom stereocenters. The van der Waals surface area contributed by atoms with E-state index in [2.05, 4.69) is 5.32 Å². The van der Waals surface area contributed by atoms with Gasteiger partial charge in [0.25, 0.3) is 5.91 Å². The summed E-state index contributed by atoms with van der Waals surface area (Å²) in [5, 5.41) is 3.65. The predicted molar refractivity (Wildman–Crippen MR) is 85.0 cm³/mol.